The van der Waals surface area contributed by atoms with Crippen molar-refractivity contribution in [3.8, 4) is 0 Å². The number of hydrogen-bond donors (Lipinski definition) is 1. The Bertz CT molecular complexity index is 134. The Hall–Kier alpha value is -1.10. The van der Waals surface area contributed by atoms with Gasteiger partial charge in [0.25, 0.3) is 0 Å². The van der Waals surface area contributed by atoms with Gasteiger partial charge in [0.05, 0.1) is 6.54 Å². The van der Waals surface area contributed by atoms with Crippen LogP contribution in [0.4, 0.5) is 0 Å². The molecule has 0 bridgehead atoms. The Morgan fingerprint density at radius 1 is 1.40 bits per heavy atom. The van der Waals surface area contributed by atoms with Crippen LogP contribution >= 0.6 is 0 Å². The van der Waals surface area contributed by atoms with E-state index >= 15 is 0 Å². The van der Waals surface area contributed by atoms with E-state index < -0.39 is 11.9 Å². The fourth-order valence-corrected chi connectivity index (χ4v) is 0.237. The maximum atomic E-state index is 10.3. The Morgan fingerprint density at radius 2 is 2.00 bits per heavy atom. The van der Waals surface area contributed by atoms with Crippen molar-refractivity contribution in [2.24, 2.45) is 5.73 Å². The lowest BCUT2D eigenvalue weighted by Crippen LogP contribution is -2.18. The summed E-state index contributed by atoms with van der Waals surface area (Å²) in [4.78, 5) is 20.3. The Labute approximate surface area is 58.1 Å². The lowest BCUT2D eigenvalue weighted by molar-refractivity contribution is -0.164. The smallest absolute Gasteiger partial charge is 0.322 e. The minimum absolute atomic E-state index is 0.207. The van der Waals surface area contributed by atoms with Crippen LogP contribution in [0.1, 0.15) is 6.92 Å². The molecule has 0 aromatic carbocycles. The number of nitrogens with two attached hydrogens (primary N) is 1. The van der Waals surface area contributed by atoms with Crippen molar-refractivity contribution in [2.45, 2.75) is 6.92 Å². The lowest BCUT2D eigenvalue weighted by atomic mass is 10.7. The van der Waals surface area contributed by atoms with Gasteiger partial charge in [0.15, 0.2) is 0 Å². The molecule has 0 aromatic heterocycles. The lowest BCUT2D eigenvalue weighted by Gasteiger charge is -2.01. The summed E-state index contributed by atoms with van der Waals surface area (Å²) in [6, 6.07) is 0. The number of carbonyl (C=O) groups excluding carboxylic acids is 2. The van der Waals surface area contributed by atoms with Gasteiger partial charge in [0, 0.05) is 6.92 Å². The van der Waals surface area contributed by atoms with Crippen molar-refractivity contribution >= 4 is 11.9 Å². The molecule has 0 aliphatic carbocycles. The second-order valence-corrected chi connectivity index (χ2v) is 1.47. The first-order valence-corrected chi connectivity index (χ1v) is 2.66. The van der Waals surface area contributed by atoms with Crippen LogP contribution < -0.4 is 5.73 Å². The predicted octanol–water partition coefficient (Wildman–Crippen LogP) is -0.991. The summed E-state index contributed by atoms with van der Waals surface area (Å²) < 4.78 is 8.57. The molecule has 10 heavy (non-hydrogen) atoms. The van der Waals surface area contributed by atoms with Crippen molar-refractivity contribution in [3.05, 3.63) is 0 Å². The third kappa shape index (κ3) is 5.04. The van der Waals surface area contributed by atoms with Crippen LogP contribution in [0.25, 0.3) is 0 Å². The van der Waals surface area contributed by atoms with Crippen molar-refractivity contribution < 1.29 is 19.1 Å². The first kappa shape index (κ1) is 8.90. The number of carbonyl (C=O) groups is 2. The topological polar surface area (TPSA) is 78.6 Å². The fraction of sp³-hybridized carbons (Fsp3) is 0.600. The Kier molecular flexibility index (Phi) is 4.23. The summed E-state index contributed by atoms with van der Waals surface area (Å²) in [6.07, 6.45) is 0. The van der Waals surface area contributed by atoms with Crippen LogP contribution in [-0.4, -0.2) is 25.3 Å². The van der Waals surface area contributed by atoms with E-state index in [0.29, 0.717) is 0 Å². The molecule has 2 N–H and O–H groups in total. The van der Waals surface area contributed by atoms with Gasteiger partial charge in [-0.1, -0.05) is 0 Å². The molecule has 0 aromatic rings. The predicted molar refractivity (Wildman–Crippen MR) is 31.8 cm³/mol. The fourth-order valence-electron chi connectivity index (χ4n) is 0.237. The van der Waals surface area contributed by atoms with Crippen LogP contribution in [0.15, 0.2) is 0 Å². The first-order valence-electron chi connectivity index (χ1n) is 2.66. The molecule has 58 valence electrons. The van der Waals surface area contributed by atoms with E-state index in [1.54, 1.807) is 0 Å². The average molecular weight is 147 g/mol. The molecule has 0 heterocycles. The second-order valence-electron chi connectivity index (χ2n) is 1.47. The zero-order valence-electron chi connectivity index (χ0n) is 5.62. The van der Waals surface area contributed by atoms with Crippen LogP contribution in [0.3, 0.4) is 0 Å². The highest BCUT2D eigenvalue weighted by atomic mass is 16.7. The van der Waals surface area contributed by atoms with Crippen molar-refractivity contribution in [1.29, 1.82) is 0 Å². The van der Waals surface area contributed by atoms with E-state index in [4.69, 9.17) is 5.73 Å². The summed E-state index contributed by atoms with van der Waals surface area (Å²) in [5, 5.41) is 0. The van der Waals surface area contributed by atoms with Crippen molar-refractivity contribution in [1.82, 2.24) is 0 Å². The van der Waals surface area contributed by atoms with Gasteiger partial charge >= 0.3 is 11.9 Å². The van der Waals surface area contributed by atoms with E-state index in [1.165, 1.54) is 6.92 Å². The molecule has 0 unspecified atom stereocenters. The number of rotatable bonds is 3. The highest BCUT2D eigenvalue weighted by molar-refractivity contribution is 5.71. The number of esters is 2. The number of ether oxygens (including phenoxy) is 2. The standard InChI is InChI=1S/C5H9NO4/c1-4(7)9-3-10-5(8)2-6/h2-3,6H2,1H3. The maximum Gasteiger partial charge on any atom is 0.322 e. The van der Waals surface area contributed by atoms with E-state index in [0.717, 1.165) is 0 Å². The molecule has 0 aliphatic heterocycles. The molecule has 0 spiro atoms. The van der Waals surface area contributed by atoms with Gasteiger partial charge in [-0.2, -0.15) is 0 Å². The van der Waals surface area contributed by atoms with Crippen LogP contribution in [-0.2, 0) is 19.1 Å². The quantitative estimate of drug-likeness (QED) is 0.409. The molecular formula is C5H9NO4. The molecule has 0 fully saturated rings. The first-order chi connectivity index (χ1) is 4.66. The molecule has 0 radical (unpaired) electrons. The highest BCUT2D eigenvalue weighted by Crippen LogP contribution is 1.79. The zero-order valence-corrected chi connectivity index (χ0v) is 5.62. The monoisotopic (exact) mass is 147 g/mol. The molecule has 5 nitrogen and oxygen atoms in total. The molecule has 0 amide bonds. The molecule has 0 atom stereocenters. The van der Waals surface area contributed by atoms with Crippen molar-refractivity contribution in [2.75, 3.05) is 13.3 Å². The van der Waals surface area contributed by atoms with Gasteiger partial charge in [0.1, 0.15) is 0 Å². The van der Waals surface area contributed by atoms with Gasteiger partial charge in [-0.3, -0.25) is 9.59 Å². The normalized spacial score (nSPS) is 8.60. The van der Waals surface area contributed by atoms with Crippen molar-refractivity contribution in [3.63, 3.8) is 0 Å². The molecule has 0 aliphatic rings. The summed E-state index contributed by atoms with van der Waals surface area (Å²) in [6.45, 7) is 0.656. The Balaban J connectivity index is 3.20. The third-order valence-corrected chi connectivity index (χ3v) is 0.649. The summed E-state index contributed by atoms with van der Waals surface area (Å²) in [5.41, 5.74) is 4.87. The zero-order chi connectivity index (χ0) is 7.98. The van der Waals surface area contributed by atoms with E-state index in [-0.39, 0.29) is 13.3 Å². The molecule has 0 saturated carbocycles. The van der Waals surface area contributed by atoms with Gasteiger partial charge < -0.3 is 15.2 Å². The summed E-state index contributed by atoms with van der Waals surface area (Å²) in [7, 11) is 0. The molecule has 5 heteroatoms. The van der Waals surface area contributed by atoms with E-state index in [1.807, 2.05) is 0 Å². The SMILES string of the molecule is CC(=O)OCOC(=O)CN. The minimum atomic E-state index is -0.596. The van der Waals surface area contributed by atoms with Crippen LogP contribution in [0.5, 0.6) is 0 Å². The van der Waals surface area contributed by atoms with Gasteiger partial charge in [-0.15, -0.1) is 0 Å². The highest BCUT2D eigenvalue weighted by Gasteiger charge is 1.98. The maximum absolute atomic E-state index is 10.3. The molecule has 0 saturated heterocycles. The second kappa shape index (κ2) is 4.75. The minimum Gasteiger partial charge on any atom is -0.428 e. The average Bonchev–Trinajstić information content (AvgIpc) is 1.87. The van der Waals surface area contributed by atoms with E-state index in [9.17, 15) is 9.59 Å². The van der Waals surface area contributed by atoms with Gasteiger partial charge in [0.2, 0.25) is 6.79 Å². The van der Waals surface area contributed by atoms with Crippen LogP contribution in [0.2, 0.25) is 0 Å². The molecular weight excluding hydrogens is 138 g/mol. The third-order valence-electron chi connectivity index (χ3n) is 0.649. The van der Waals surface area contributed by atoms with E-state index in [2.05, 4.69) is 9.47 Å². The van der Waals surface area contributed by atoms with Crippen LogP contribution in [0, 0.1) is 0 Å². The Morgan fingerprint density at radius 3 is 2.40 bits per heavy atom. The largest absolute Gasteiger partial charge is 0.428 e. The summed E-state index contributed by atoms with van der Waals surface area (Å²) >= 11 is 0. The number of hydrogen-bond acceptors (Lipinski definition) is 5. The van der Waals surface area contributed by atoms with Gasteiger partial charge in [-0.25, -0.2) is 0 Å². The molecule has 0 rings (SSSR count). The summed E-state index contributed by atoms with van der Waals surface area (Å²) in [5.74, 6) is -1.09. The van der Waals surface area contributed by atoms with Gasteiger partial charge in [-0.05, 0) is 0 Å².